The lowest BCUT2D eigenvalue weighted by atomic mass is 9.97. The summed E-state index contributed by atoms with van der Waals surface area (Å²) >= 11 is 0. The predicted octanol–water partition coefficient (Wildman–Crippen LogP) is 7.36. The van der Waals surface area contributed by atoms with Crippen molar-refractivity contribution in [1.29, 1.82) is 0 Å². The molecular formula is C32H38N2O3. The quantitative estimate of drug-likeness (QED) is 0.157. The molecule has 1 fully saturated rings. The van der Waals surface area contributed by atoms with Gasteiger partial charge in [0.2, 0.25) is 0 Å². The van der Waals surface area contributed by atoms with Gasteiger partial charge in [0.15, 0.2) is 11.9 Å². The topological polar surface area (TPSA) is 61.3 Å². The van der Waals surface area contributed by atoms with Gasteiger partial charge in [-0.15, -0.1) is 0 Å². The number of hydrogen-bond acceptors (Lipinski definition) is 5. The maximum atomic E-state index is 12.2. The second kappa shape index (κ2) is 12.5. The van der Waals surface area contributed by atoms with E-state index in [9.17, 15) is 4.79 Å². The number of carbonyl (C=O) groups is 1. The van der Waals surface area contributed by atoms with Gasteiger partial charge >= 0.3 is 5.97 Å². The Balaban J connectivity index is 1.20. The number of fused-ring (bicyclic) bond motifs is 1. The first-order valence-electron chi connectivity index (χ1n) is 14.1. The van der Waals surface area contributed by atoms with Gasteiger partial charge in [0, 0.05) is 23.9 Å². The first-order chi connectivity index (χ1) is 18.2. The van der Waals surface area contributed by atoms with Crippen molar-refractivity contribution in [2.75, 3.05) is 6.61 Å². The molecule has 194 valence electrons. The Morgan fingerprint density at radius 1 is 0.946 bits per heavy atom. The van der Waals surface area contributed by atoms with Crippen LogP contribution < -0.4 is 4.74 Å². The summed E-state index contributed by atoms with van der Waals surface area (Å²) in [5.41, 5.74) is 5.83. The molecule has 5 nitrogen and oxygen atoms in total. The van der Waals surface area contributed by atoms with E-state index in [4.69, 9.17) is 14.5 Å². The highest BCUT2D eigenvalue weighted by Crippen LogP contribution is 2.33. The normalized spacial score (nSPS) is 18.6. The minimum Gasteiger partial charge on any atom is -0.425 e. The first kappa shape index (κ1) is 25.6. The molecule has 2 aromatic carbocycles. The summed E-state index contributed by atoms with van der Waals surface area (Å²) in [4.78, 5) is 21.6. The van der Waals surface area contributed by atoms with Crippen LogP contribution in [0.2, 0.25) is 0 Å². The number of nitrogens with zero attached hydrogens (tertiary/aromatic N) is 2. The highest BCUT2D eigenvalue weighted by molar-refractivity contribution is 5.77. The molecule has 2 heterocycles. The van der Waals surface area contributed by atoms with Crippen molar-refractivity contribution in [1.82, 2.24) is 9.97 Å². The standard InChI is InChI=1S/C32H38N2O3/c1-2-3-4-5-6-7-9-23-20-25-11-12-26(22-27(25)21-23)31-33-18-17-29(34-31)24-13-15-28(16-14-24)37-32(35)30-10-8-19-36-30/h11-18,22-23,30H,2-10,19-21H2,1H3. The number of esters is 1. The van der Waals surface area contributed by atoms with Crippen molar-refractivity contribution in [2.24, 2.45) is 5.92 Å². The Kier molecular flexibility index (Phi) is 8.62. The number of benzene rings is 2. The Morgan fingerprint density at radius 3 is 2.54 bits per heavy atom. The SMILES string of the molecule is CCCCCCCCC1Cc2ccc(-c3nccc(-c4ccc(OC(=O)C5CCCO5)cc4)n3)cc2C1. The Labute approximate surface area is 220 Å². The number of carbonyl (C=O) groups excluding carboxylic acids is 1. The fourth-order valence-electron chi connectivity index (χ4n) is 5.56. The number of hydrogen-bond donors (Lipinski definition) is 0. The van der Waals surface area contributed by atoms with Crippen LogP contribution >= 0.6 is 0 Å². The summed E-state index contributed by atoms with van der Waals surface area (Å²) in [7, 11) is 0. The number of ether oxygens (including phenoxy) is 2. The summed E-state index contributed by atoms with van der Waals surface area (Å²) in [5.74, 6) is 1.72. The molecule has 0 amide bonds. The zero-order valence-corrected chi connectivity index (χ0v) is 22.0. The van der Waals surface area contributed by atoms with Gasteiger partial charge in [-0.25, -0.2) is 14.8 Å². The zero-order valence-electron chi connectivity index (χ0n) is 22.0. The molecule has 3 aromatic rings. The van der Waals surface area contributed by atoms with E-state index in [1.54, 1.807) is 0 Å². The average Bonchev–Trinajstić information content (AvgIpc) is 3.61. The molecule has 0 bridgehead atoms. The second-order valence-corrected chi connectivity index (χ2v) is 10.5. The predicted molar refractivity (Wildman–Crippen MR) is 146 cm³/mol. The molecule has 2 atom stereocenters. The van der Waals surface area contributed by atoms with Gasteiger partial charge in [0.25, 0.3) is 0 Å². The maximum Gasteiger partial charge on any atom is 0.340 e. The Bertz CT molecular complexity index is 1180. The largest absolute Gasteiger partial charge is 0.425 e. The molecule has 1 aliphatic carbocycles. The van der Waals surface area contributed by atoms with Crippen LogP contribution in [-0.2, 0) is 22.4 Å². The zero-order chi connectivity index (χ0) is 25.5. The van der Waals surface area contributed by atoms with Crippen LogP contribution in [0.25, 0.3) is 22.6 Å². The van der Waals surface area contributed by atoms with Crippen LogP contribution in [0.3, 0.4) is 0 Å². The van der Waals surface area contributed by atoms with Gasteiger partial charge in [-0.1, -0.05) is 57.6 Å². The van der Waals surface area contributed by atoms with E-state index in [2.05, 4.69) is 30.1 Å². The van der Waals surface area contributed by atoms with Crippen molar-refractivity contribution in [3.63, 3.8) is 0 Å². The molecule has 1 aliphatic heterocycles. The van der Waals surface area contributed by atoms with Gasteiger partial charge in [0.1, 0.15) is 5.75 Å². The van der Waals surface area contributed by atoms with Crippen LogP contribution in [0.5, 0.6) is 5.75 Å². The van der Waals surface area contributed by atoms with Gasteiger partial charge in [-0.05, 0) is 85.5 Å². The molecule has 2 unspecified atom stereocenters. The van der Waals surface area contributed by atoms with Crippen LogP contribution in [0, 0.1) is 5.92 Å². The molecule has 1 aromatic heterocycles. The molecule has 0 radical (unpaired) electrons. The third-order valence-electron chi connectivity index (χ3n) is 7.66. The molecular weight excluding hydrogens is 460 g/mol. The molecule has 0 N–H and O–H groups in total. The molecule has 0 spiro atoms. The monoisotopic (exact) mass is 498 g/mol. The summed E-state index contributed by atoms with van der Waals surface area (Å²) in [6, 6.07) is 16.1. The van der Waals surface area contributed by atoms with E-state index in [-0.39, 0.29) is 5.97 Å². The molecule has 37 heavy (non-hydrogen) atoms. The smallest absolute Gasteiger partial charge is 0.340 e. The molecule has 5 heteroatoms. The van der Waals surface area contributed by atoms with Crippen LogP contribution in [0.1, 0.15) is 75.8 Å². The van der Waals surface area contributed by atoms with Crippen molar-refractivity contribution < 1.29 is 14.3 Å². The van der Waals surface area contributed by atoms with E-state index in [1.165, 1.54) is 68.9 Å². The molecule has 5 rings (SSSR count). The van der Waals surface area contributed by atoms with Gasteiger partial charge in [-0.2, -0.15) is 0 Å². The Morgan fingerprint density at radius 2 is 1.73 bits per heavy atom. The van der Waals surface area contributed by atoms with Crippen molar-refractivity contribution in [3.05, 3.63) is 65.9 Å². The van der Waals surface area contributed by atoms with Crippen molar-refractivity contribution >= 4 is 5.97 Å². The number of unbranched alkanes of at least 4 members (excludes halogenated alkanes) is 5. The van der Waals surface area contributed by atoms with Crippen LogP contribution in [0.4, 0.5) is 0 Å². The van der Waals surface area contributed by atoms with Crippen LogP contribution in [-0.4, -0.2) is 28.6 Å². The second-order valence-electron chi connectivity index (χ2n) is 10.5. The van der Waals surface area contributed by atoms with E-state index in [0.29, 0.717) is 12.4 Å². The third-order valence-corrected chi connectivity index (χ3v) is 7.66. The van der Waals surface area contributed by atoms with Gasteiger partial charge < -0.3 is 9.47 Å². The summed E-state index contributed by atoms with van der Waals surface area (Å²) in [6.07, 6.45) is 14.9. The number of aromatic nitrogens is 2. The van der Waals surface area contributed by atoms with Crippen LogP contribution in [0.15, 0.2) is 54.7 Å². The van der Waals surface area contributed by atoms with Crippen molar-refractivity contribution in [3.8, 4) is 28.4 Å². The van der Waals surface area contributed by atoms with Gasteiger partial charge in [0.05, 0.1) is 5.69 Å². The lowest BCUT2D eigenvalue weighted by molar-refractivity contribution is -0.144. The highest BCUT2D eigenvalue weighted by Gasteiger charge is 2.25. The first-order valence-corrected chi connectivity index (χ1v) is 14.1. The van der Waals surface area contributed by atoms with Crippen molar-refractivity contribution in [2.45, 2.75) is 83.7 Å². The van der Waals surface area contributed by atoms with E-state index >= 15 is 0 Å². The average molecular weight is 499 g/mol. The van der Waals surface area contributed by atoms with Gasteiger partial charge in [-0.3, -0.25) is 0 Å². The summed E-state index contributed by atoms with van der Waals surface area (Å²) in [5, 5.41) is 0. The minimum absolute atomic E-state index is 0.319. The third kappa shape index (κ3) is 6.64. The fourth-order valence-corrected chi connectivity index (χ4v) is 5.56. The lowest BCUT2D eigenvalue weighted by Gasteiger charge is -2.10. The summed E-state index contributed by atoms with van der Waals surface area (Å²) in [6.45, 7) is 2.90. The molecule has 0 saturated carbocycles. The molecule has 1 saturated heterocycles. The van der Waals surface area contributed by atoms with E-state index in [1.807, 2.05) is 36.5 Å². The fraction of sp³-hybridized carbons (Fsp3) is 0.469. The lowest BCUT2D eigenvalue weighted by Crippen LogP contribution is -2.24. The van der Waals surface area contributed by atoms with E-state index < -0.39 is 6.10 Å². The minimum atomic E-state index is -0.442. The highest BCUT2D eigenvalue weighted by atomic mass is 16.6. The Hall–Kier alpha value is -3.05. The molecule has 2 aliphatic rings. The summed E-state index contributed by atoms with van der Waals surface area (Å²) < 4.78 is 10.9. The maximum absolute atomic E-state index is 12.2. The van der Waals surface area contributed by atoms with E-state index in [0.717, 1.165) is 41.4 Å². The number of rotatable bonds is 11.